The van der Waals surface area contributed by atoms with Crippen molar-refractivity contribution in [1.82, 2.24) is 0 Å². The molecule has 0 amide bonds. The Hall–Kier alpha value is -5.93. The van der Waals surface area contributed by atoms with Crippen LogP contribution in [0.1, 0.15) is 76.7 Å². The van der Waals surface area contributed by atoms with E-state index in [1.165, 1.54) is 16.7 Å². The number of hydrogen-bond donors (Lipinski definition) is 3. The quantitative estimate of drug-likeness (QED) is 0.0408. The third-order valence-corrected chi connectivity index (χ3v) is 9.51. The molecule has 61 heavy (non-hydrogen) atoms. The zero-order valence-corrected chi connectivity index (χ0v) is 35.4. The lowest BCUT2D eigenvalue weighted by molar-refractivity contribution is 0.112. The van der Waals surface area contributed by atoms with E-state index in [4.69, 9.17) is 34.9 Å². The summed E-state index contributed by atoms with van der Waals surface area (Å²) in [6.45, 7) is 2.97. The van der Waals surface area contributed by atoms with E-state index in [-0.39, 0.29) is 13.2 Å². The number of carbonyl (C=O) groups is 1. The Kier molecular flexibility index (Phi) is 23.6. The number of rotatable bonds is 24. The molecule has 6 aromatic rings. The first-order chi connectivity index (χ1) is 30.1. The van der Waals surface area contributed by atoms with Crippen LogP contribution in [-0.2, 0) is 32.5 Å². The highest BCUT2D eigenvalue weighted by molar-refractivity contribution is 5.76. The second-order valence-corrected chi connectivity index (χ2v) is 14.4. The van der Waals surface area contributed by atoms with Crippen LogP contribution in [0.25, 0.3) is 0 Å². The van der Waals surface area contributed by atoms with Crippen LogP contribution in [0, 0.1) is 0 Å². The van der Waals surface area contributed by atoms with E-state index in [9.17, 15) is 4.79 Å². The molecule has 0 unspecified atom stereocenters. The zero-order chi connectivity index (χ0) is 43.0. The van der Waals surface area contributed by atoms with Crippen molar-refractivity contribution in [2.75, 3.05) is 33.0 Å². The Morgan fingerprint density at radius 3 is 1.26 bits per heavy atom. The highest BCUT2D eigenvalue weighted by Crippen LogP contribution is 2.31. The molecule has 4 N–H and O–H groups in total. The van der Waals surface area contributed by atoms with Gasteiger partial charge in [0.2, 0.25) is 0 Å². The molecule has 6 aromatic carbocycles. The third kappa shape index (κ3) is 19.8. The van der Waals surface area contributed by atoms with Gasteiger partial charge in [0.05, 0.1) is 19.8 Å². The summed E-state index contributed by atoms with van der Waals surface area (Å²) in [7, 11) is 0. The average Bonchev–Trinajstić information content (AvgIpc) is 3.32. The first-order valence-corrected chi connectivity index (χ1v) is 21.4. The molecular weight excluding hydrogens is 763 g/mol. The maximum Gasteiger partial charge on any atom is 0.161 e. The zero-order valence-electron chi connectivity index (χ0n) is 35.4. The molecule has 8 heteroatoms. The lowest BCUT2D eigenvalue weighted by atomic mass is 10.1. The number of aldehydes is 1. The van der Waals surface area contributed by atoms with Crippen molar-refractivity contribution in [1.29, 1.82) is 0 Å². The molecular formula is C53H63NO7. The van der Waals surface area contributed by atoms with Gasteiger partial charge in [-0.3, -0.25) is 4.79 Å². The third-order valence-electron chi connectivity index (χ3n) is 9.51. The van der Waals surface area contributed by atoms with Crippen molar-refractivity contribution >= 4 is 6.29 Å². The number of hydrogen-bond acceptors (Lipinski definition) is 8. The smallest absolute Gasteiger partial charge is 0.161 e. The van der Waals surface area contributed by atoms with Gasteiger partial charge in [0.25, 0.3) is 0 Å². The largest absolute Gasteiger partial charge is 0.490 e. The molecule has 0 aromatic heterocycles. The summed E-state index contributed by atoms with van der Waals surface area (Å²) in [6.07, 6.45) is 9.75. The minimum atomic E-state index is 0.0972. The Morgan fingerprint density at radius 1 is 0.410 bits per heavy atom. The molecule has 0 radical (unpaired) electrons. The van der Waals surface area contributed by atoms with Crippen LogP contribution in [0.2, 0.25) is 0 Å². The summed E-state index contributed by atoms with van der Waals surface area (Å²) in [5, 5.41) is 16.8. The van der Waals surface area contributed by atoms with Crippen molar-refractivity contribution in [2.45, 2.75) is 71.0 Å². The Labute approximate surface area is 362 Å². The van der Waals surface area contributed by atoms with Crippen molar-refractivity contribution in [3.8, 4) is 23.0 Å². The van der Waals surface area contributed by atoms with Crippen LogP contribution in [-0.4, -0.2) is 49.5 Å². The predicted molar refractivity (Wildman–Crippen MR) is 246 cm³/mol. The normalized spacial score (nSPS) is 10.3. The summed E-state index contributed by atoms with van der Waals surface area (Å²) in [6, 6.07) is 52.7. The standard InChI is InChI=1S/C27H32O3.C24H24O3.C2H7NO/c28-19-9-7-14-24-17-18-26(30-22-25-15-5-2-6-16-25)27(21-24)29-20-10-8-13-23-11-3-1-4-12-23;25-18-22-14-15-23(27-19-21-12-5-2-6-13-21)24(17-22)26-16-8-7-11-20-9-3-1-4-10-20;3-1-2-4/h1-6,11-12,15-18,21,28H,7-10,13-14,19-20,22H2;1-6,9-10,12-15,17-18H,7-8,11,16,19H2;4H,1-3H2. The average molecular weight is 826 g/mol. The molecule has 0 aliphatic heterocycles. The predicted octanol–water partition coefficient (Wildman–Crippen LogP) is 10.4. The Balaban J connectivity index is 0.000000248. The number of nitrogens with two attached hydrogens (primary N) is 1. The van der Waals surface area contributed by atoms with Crippen LogP contribution in [0.5, 0.6) is 23.0 Å². The maximum absolute atomic E-state index is 11.1. The first kappa shape index (κ1) is 47.7. The summed E-state index contributed by atoms with van der Waals surface area (Å²) < 4.78 is 24.0. The number of benzene rings is 6. The van der Waals surface area contributed by atoms with Crippen molar-refractivity contribution in [3.63, 3.8) is 0 Å². The minimum absolute atomic E-state index is 0.0972. The molecule has 0 atom stereocenters. The van der Waals surface area contributed by atoms with Crippen LogP contribution in [0.3, 0.4) is 0 Å². The first-order valence-electron chi connectivity index (χ1n) is 21.4. The van der Waals surface area contributed by atoms with Gasteiger partial charge in [0.1, 0.15) is 19.5 Å². The molecule has 6 rings (SSSR count). The summed E-state index contributed by atoms with van der Waals surface area (Å²) in [4.78, 5) is 11.1. The van der Waals surface area contributed by atoms with Crippen LogP contribution in [0.4, 0.5) is 0 Å². The van der Waals surface area contributed by atoms with Crippen molar-refractivity contribution in [2.24, 2.45) is 5.73 Å². The number of aliphatic hydroxyl groups is 2. The van der Waals surface area contributed by atoms with E-state index < -0.39 is 0 Å². The number of unbranched alkanes of at least 4 members (excludes halogenated alkanes) is 3. The van der Waals surface area contributed by atoms with E-state index in [0.29, 0.717) is 50.0 Å². The van der Waals surface area contributed by atoms with Crippen LogP contribution >= 0.6 is 0 Å². The lowest BCUT2D eigenvalue weighted by Gasteiger charge is -2.15. The fraction of sp³-hybridized carbons (Fsp3) is 0.302. The molecule has 0 aliphatic rings. The van der Waals surface area contributed by atoms with Gasteiger partial charge in [-0.15, -0.1) is 0 Å². The molecule has 0 spiro atoms. The van der Waals surface area contributed by atoms with Crippen molar-refractivity contribution < 1.29 is 34.0 Å². The van der Waals surface area contributed by atoms with Crippen LogP contribution < -0.4 is 24.7 Å². The molecule has 0 aliphatic carbocycles. The summed E-state index contributed by atoms with van der Waals surface area (Å²) in [5.74, 6) is 2.88. The highest BCUT2D eigenvalue weighted by Gasteiger charge is 2.10. The topological polar surface area (TPSA) is 120 Å². The van der Waals surface area contributed by atoms with E-state index in [0.717, 1.165) is 86.7 Å². The fourth-order valence-corrected chi connectivity index (χ4v) is 6.20. The molecule has 0 fully saturated rings. The van der Waals surface area contributed by atoms with Crippen LogP contribution in [0.15, 0.2) is 158 Å². The molecule has 0 heterocycles. The Bertz CT molecular complexity index is 2010. The van der Waals surface area contributed by atoms with Gasteiger partial charge in [-0.05, 0) is 116 Å². The maximum atomic E-state index is 11.1. The number of aryl methyl sites for hydroxylation is 3. The Morgan fingerprint density at radius 2 is 0.820 bits per heavy atom. The van der Waals surface area contributed by atoms with E-state index in [1.54, 1.807) is 18.2 Å². The number of aliphatic hydroxyl groups excluding tert-OH is 2. The number of carbonyl (C=O) groups excluding carboxylic acids is 1. The molecule has 322 valence electrons. The van der Waals surface area contributed by atoms with Gasteiger partial charge in [0, 0.05) is 18.7 Å². The molecule has 0 saturated heterocycles. The second-order valence-electron chi connectivity index (χ2n) is 14.4. The van der Waals surface area contributed by atoms with Gasteiger partial charge in [0.15, 0.2) is 23.0 Å². The van der Waals surface area contributed by atoms with Gasteiger partial charge >= 0.3 is 0 Å². The van der Waals surface area contributed by atoms with E-state index >= 15 is 0 Å². The molecule has 0 saturated carbocycles. The van der Waals surface area contributed by atoms with E-state index in [1.807, 2.05) is 60.7 Å². The number of ether oxygens (including phenoxy) is 4. The monoisotopic (exact) mass is 825 g/mol. The second kappa shape index (κ2) is 30.1. The minimum Gasteiger partial charge on any atom is -0.490 e. The summed E-state index contributed by atoms with van der Waals surface area (Å²) >= 11 is 0. The van der Waals surface area contributed by atoms with Gasteiger partial charge in [-0.25, -0.2) is 0 Å². The molecule has 0 bridgehead atoms. The van der Waals surface area contributed by atoms with E-state index in [2.05, 4.69) is 78.9 Å². The lowest BCUT2D eigenvalue weighted by Crippen LogP contribution is -2.03. The summed E-state index contributed by atoms with van der Waals surface area (Å²) in [5.41, 5.74) is 11.5. The van der Waals surface area contributed by atoms with Gasteiger partial charge in [-0.1, -0.05) is 127 Å². The SMILES string of the molecule is NCCO.O=Cc1ccc(OCc2ccccc2)c(OCCCCc2ccccc2)c1.OCCCCc1ccc(OCc2ccccc2)c(OCCCCc2ccccc2)c1. The van der Waals surface area contributed by atoms with Crippen molar-refractivity contribution in [3.05, 3.63) is 191 Å². The van der Waals surface area contributed by atoms with Gasteiger partial charge in [-0.2, -0.15) is 0 Å². The van der Waals surface area contributed by atoms with Gasteiger partial charge < -0.3 is 34.9 Å². The molecule has 8 nitrogen and oxygen atoms in total. The fourth-order valence-electron chi connectivity index (χ4n) is 6.20. The highest BCUT2D eigenvalue weighted by atomic mass is 16.5.